The van der Waals surface area contributed by atoms with Gasteiger partial charge in [0.2, 0.25) is 0 Å². The zero-order valence-electron chi connectivity index (χ0n) is 15.9. The Hall–Kier alpha value is -2.54. The van der Waals surface area contributed by atoms with E-state index in [4.69, 9.17) is 32.7 Å². The van der Waals surface area contributed by atoms with Crippen LogP contribution < -0.4 is 14.9 Å². The number of nitrogens with one attached hydrogen (secondary N) is 1. The van der Waals surface area contributed by atoms with Crippen LogP contribution in [0.1, 0.15) is 21.5 Å². The molecule has 1 N–H and O–H groups in total. The van der Waals surface area contributed by atoms with Crippen LogP contribution >= 0.6 is 39.1 Å². The van der Waals surface area contributed by atoms with E-state index in [2.05, 4.69) is 26.5 Å². The van der Waals surface area contributed by atoms with Crippen molar-refractivity contribution < 1.29 is 14.3 Å². The minimum Gasteiger partial charge on any atom is -0.493 e. The molecule has 3 rings (SSSR count). The van der Waals surface area contributed by atoms with Gasteiger partial charge in [0.1, 0.15) is 6.61 Å². The fourth-order valence-electron chi connectivity index (χ4n) is 2.49. The van der Waals surface area contributed by atoms with E-state index in [0.29, 0.717) is 33.7 Å². The standard InChI is InChI=1S/C22H17BrCl2N2O3/c1-29-21-10-15(4-9-20(21)30-13-14-2-6-17(23)7-3-14)12-26-27-22(28)16-5-8-18(24)19(25)11-16/h2-12H,13H2,1H3,(H,27,28)/b26-12-. The van der Waals surface area contributed by atoms with Crippen molar-refractivity contribution in [2.24, 2.45) is 5.10 Å². The largest absolute Gasteiger partial charge is 0.493 e. The summed E-state index contributed by atoms with van der Waals surface area (Å²) in [4.78, 5) is 12.1. The molecule has 0 radical (unpaired) electrons. The van der Waals surface area contributed by atoms with Gasteiger partial charge in [-0.05, 0) is 59.7 Å². The number of amides is 1. The Labute approximate surface area is 192 Å². The third kappa shape index (κ3) is 5.98. The normalized spacial score (nSPS) is 10.8. The van der Waals surface area contributed by atoms with Crippen molar-refractivity contribution in [3.8, 4) is 11.5 Å². The lowest BCUT2D eigenvalue weighted by Crippen LogP contribution is -2.17. The summed E-state index contributed by atoms with van der Waals surface area (Å²) in [7, 11) is 1.56. The first-order chi connectivity index (χ1) is 14.5. The molecule has 30 heavy (non-hydrogen) atoms. The van der Waals surface area contributed by atoms with Crippen LogP contribution in [0.15, 0.2) is 70.2 Å². The van der Waals surface area contributed by atoms with Crippen LogP contribution in [0.2, 0.25) is 10.0 Å². The number of carbonyl (C=O) groups excluding carboxylic acids is 1. The third-order valence-corrected chi connectivity index (χ3v) is 5.32. The van der Waals surface area contributed by atoms with Crippen LogP contribution in [0.4, 0.5) is 0 Å². The maximum atomic E-state index is 12.1. The van der Waals surface area contributed by atoms with Crippen molar-refractivity contribution in [3.05, 3.63) is 91.9 Å². The maximum absolute atomic E-state index is 12.1. The van der Waals surface area contributed by atoms with Crippen LogP contribution in [-0.4, -0.2) is 19.2 Å². The first-order valence-electron chi connectivity index (χ1n) is 8.80. The summed E-state index contributed by atoms with van der Waals surface area (Å²) < 4.78 is 12.3. The second-order valence-corrected chi connectivity index (χ2v) is 7.88. The van der Waals surface area contributed by atoms with Crippen LogP contribution in [0.5, 0.6) is 11.5 Å². The van der Waals surface area contributed by atoms with Gasteiger partial charge in [-0.15, -0.1) is 0 Å². The van der Waals surface area contributed by atoms with Crippen molar-refractivity contribution in [3.63, 3.8) is 0 Å². The lowest BCUT2D eigenvalue weighted by atomic mass is 10.2. The van der Waals surface area contributed by atoms with E-state index in [1.54, 1.807) is 31.4 Å². The fraction of sp³-hybridized carbons (Fsp3) is 0.0909. The second kappa shape index (κ2) is 10.5. The summed E-state index contributed by atoms with van der Waals surface area (Å²) in [5.74, 6) is 0.774. The molecule has 0 spiro atoms. The highest BCUT2D eigenvalue weighted by Crippen LogP contribution is 2.28. The average Bonchev–Trinajstić information content (AvgIpc) is 2.75. The number of rotatable bonds is 7. The number of benzene rings is 3. The second-order valence-electron chi connectivity index (χ2n) is 6.15. The van der Waals surface area contributed by atoms with Crippen molar-refractivity contribution >= 4 is 51.3 Å². The average molecular weight is 508 g/mol. The summed E-state index contributed by atoms with van der Waals surface area (Å²) in [5, 5.41) is 4.66. The molecule has 0 atom stereocenters. The number of nitrogens with zero attached hydrogens (tertiary/aromatic N) is 1. The molecule has 0 fully saturated rings. The molecule has 154 valence electrons. The molecule has 0 aromatic heterocycles. The van der Waals surface area contributed by atoms with Crippen molar-refractivity contribution in [1.29, 1.82) is 0 Å². The number of carbonyl (C=O) groups is 1. The molecule has 0 aliphatic carbocycles. The smallest absolute Gasteiger partial charge is 0.271 e. The van der Waals surface area contributed by atoms with Gasteiger partial charge in [-0.1, -0.05) is 51.3 Å². The van der Waals surface area contributed by atoms with E-state index < -0.39 is 5.91 Å². The third-order valence-electron chi connectivity index (χ3n) is 4.06. The predicted molar refractivity (Wildman–Crippen MR) is 123 cm³/mol. The highest BCUT2D eigenvalue weighted by atomic mass is 79.9. The molecule has 3 aromatic carbocycles. The van der Waals surface area contributed by atoms with Crippen LogP contribution in [0.25, 0.3) is 0 Å². The Bertz CT molecular complexity index is 1070. The van der Waals surface area contributed by atoms with Crippen molar-refractivity contribution in [2.75, 3.05) is 7.11 Å². The summed E-state index contributed by atoms with van der Waals surface area (Å²) in [6.45, 7) is 0.413. The molecule has 1 amide bonds. The Kier molecular flexibility index (Phi) is 7.74. The van der Waals surface area contributed by atoms with Gasteiger partial charge in [0, 0.05) is 10.0 Å². The highest BCUT2D eigenvalue weighted by Gasteiger charge is 2.08. The Morgan fingerprint density at radius 1 is 1.03 bits per heavy atom. The molecule has 0 aliphatic rings. The summed E-state index contributed by atoms with van der Waals surface area (Å²) in [5.41, 5.74) is 4.58. The van der Waals surface area contributed by atoms with Gasteiger partial charge in [-0.2, -0.15) is 5.10 Å². The molecule has 0 bridgehead atoms. The highest BCUT2D eigenvalue weighted by molar-refractivity contribution is 9.10. The molecule has 0 saturated heterocycles. The van der Waals surface area contributed by atoms with Crippen LogP contribution in [0, 0.1) is 0 Å². The monoisotopic (exact) mass is 506 g/mol. The molecular formula is C22H17BrCl2N2O3. The first kappa shape index (κ1) is 22.2. The molecular weight excluding hydrogens is 491 g/mol. The molecule has 3 aromatic rings. The van der Waals surface area contributed by atoms with Gasteiger partial charge in [0.15, 0.2) is 11.5 Å². The molecule has 0 saturated carbocycles. The Morgan fingerprint density at radius 3 is 2.50 bits per heavy atom. The van der Waals surface area contributed by atoms with E-state index in [0.717, 1.165) is 15.6 Å². The molecule has 5 nitrogen and oxygen atoms in total. The van der Waals surface area contributed by atoms with E-state index >= 15 is 0 Å². The lowest BCUT2D eigenvalue weighted by Gasteiger charge is -2.11. The van der Waals surface area contributed by atoms with Gasteiger partial charge in [0.25, 0.3) is 5.91 Å². The summed E-state index contributed by atoms with van der Waals surface area (Å²) in [6, 6.07) is 17.9. The van der Waals surface area contributed by atoms with Crippen LogP contribution in [0.3, 0.4) is 0 Å². The minimum absolute atomic E-state index is 0.303. The lowest BCUT2D eigenvalue weighted by molar-refractivity contribution is 0.0955. The number of halogens is 3. The topological polar surface area (TPSA) is 59.9 Å². The first-order valence-corrected chi connectivity index (χ1v) is 10.3. The number of hydrogen-bond acceptors (Lipinski definition) is 4. The number of hydrogen-bond donors (Lipinski definition) is 1. The van der Waals surface area contributed by atoms with E-state index in [9.17, 15) is 4.79 Å². The van der Waals surface area contributed by atoms with E-state index in [-0.39, 0.29) is 0 Å². The zero-order chi connectivity index (χ0) is 21.5. The summed E-state index contributed by atoms with van der Waals surface area (Å²) >= 11 is 15.2. The summed E-state index contributed by atoms with van der Waals surface area (Å²) in [6.07, 6.45) is 1.51. The van der Waals surface area contributed by atoms with Crippen molar-refractivity contribution in [2.45, 2.75) is 6.61 Å². The van der Waals surface area contributed by atoms with Gasteiger partial charge in [0.05, 0.1) is 23.4 Å². The van der Waals surface area contributed by atoms with Gasteiger partial charge in [-0.25, -0.2) is 5.43 Å². The van der Waals surface area contributed by atoms with Gasteiger partial charge < -0.3 is 9.47 Å². The van der Waals surface area contributed by atoms with E-state index in [1.165, 1.54) is 12.3 Å². The Morgan fingerprint density at radius 2 is 1.80 bits per heavy atom. The number of hydrazone groups is 1. The number of methoxy groups -OCH3 is 1. The van der Waals surface area contributed by atoms with Gasteiger partial charge in [-0.3, -0.25) is 4.79 Å². The van der Waals surface area contributed by atoms with Gasteiger partial charge >= 0.3 is 0 Å². The molecule has 8 heteroatoms. The molecule has 0 unspecified atom stereocenters. The zero-order valence-corrected chi connectivity index (χ0v) is 19.0. The maximum Gasteiger partial charge on any atom is 0.271 e. The molecule has 0 aliphatic heterocycles. The minimum atomic E-state index is -0.397. The quantitative estimate of drug-likeness (QED) is 0.310. The Balaban J connectivity index is 1.62. The van der Waals surface area contributed by atoms with Crippen LogP contribution in [-0.2, 0) is 6.61 Å². The van der Waals surface area contributed by atoms with Crippen molar-refractivity contribution in [1.82, 2.24) is 5.43 Å². The molecule has 0 heterocycles. The number of ether oxygens (including phenoxy) is 2. The SMILES string of the molecule is COc1cc(/C=N\NC(=O)c2ccc(Cl)c(Cl)c2)ccc1OCc1ccc(Br)cc1. The predicted octanol–water partition coefficient (Wildman–Crippen LogP) is 6.11. The fourth-order valence-corrected chi connectivity index (χ4v) is 3.06. The van der Waals surface area contributed by atoms with E-state index in [1.807, 2.05) is 30.3 Å².